The van der Waals surface area contributed by atoms with Crippen LogP contribution in [0.15, 0.2) is 34.8 Å². The fourth-order valence-corrected chi connectivity index (χ4v) is 6.32. The zero-order valence-corrected chi connectivity index (χ0v) is 23.1. The molecule has 4 rings (SSSR count). The van der Waals surface area contributed by atoms with E-state index in [1.807, 2.05) is 6.92 Å². The maximum atomic E-state index is 14.5. The Morgan fingerprint density at radius 2 is 1.94 bits per heavy atom. The van der Waals surface area contributed by atoms with Crippen LogP contribution in [0.2, 0.25) is 5.02 Å². The van der Waals surface area contributed by atoms with Crippen LogP contribution < -0.4 is 10.2 Å². The first-order valence-electron chi connectivity index (χ1n) is 13.2. The van der Waals surface area contributed by atoms with Gasteiger partial charge in [0.15, 0.2) is 0 Å². The van der Waals surface area contributed by atoms with Crippen LogP contribution in [0.4, 0.5) is 15.9 Å². The second-order valence-corrected chi connectivity index (χ2v) is 11.1. The van der Waals surface area contributed by atoms with Crippen LogP contribution in [-0.4, -0.2) is 72.0 Å². The maximum absolute atomic E-state index is 14.5. The number of amides is 1. The van der Waals surface area contributed by atoms with Crippen molar-refractivity contribution in [3.63, 3.8) is 0 Å². The summed E-state index contributed by atoms with van der Waals surface area (Å²) in [5.41, 5.74) is 1.52. The topological polar surface area (TPSA) is 51.7 Å². The average molecular weight is 539 g/mol. The van der Waals surface area contributed by atoms with Crippen molar-refractivity contribution in [2.45, 2.75) is 65.0 Å². The van der Waals surface area contributed by atoms with Gasteiger partial charge in [-0.1, -0.05) is 44.0 Å². The van der Waals surface area contributed by atoms with Crippen molar-refractivity contribution in [2.75, 3.05) is 49.5 Å². The molecule has 0 aromatic carbocycles. The van der Waals surface area contributed by atoms with Crippen LogP contribution in [0.25, 0.3) is 0 Å². The van der Waals surface area contributed by atoms with E-state index >= 15 is 0 Å². The van der Waals surface area contributed by atoms with Gasteiger partial charge in [-0.2, -0.15) is 0 Å². The quantitative estimate of drug-likeness (QED) is 0.473. The molecule has 36 heavy (non-hydrogen) atoms. The fraction of sp³-hybridized carbons (Fsp3) is 0.630. The number of carbonyl (C=O) groups excluding carboxylic acids is 1. The van der Waals surface area contributed by atoms with Gasteiger partial charge in [-0.05, 0) is 62.4 Å². The summed E-state index contributed by atoms with van der Waals surface area (Å²) in [4.78, 5) is 23.6. The van der Waals surface area contributed by atoms with E-state index in [1.54, 1.807) is 12.3 Å². The minimum atomic E-state index is -0.143. The predicted molar refractivity (Wildman–Crippen MR) is 146 cm³/mol. The number of piperidine rings is 1. The number of aromatic nitrogens is 1. The molecule has 1 N–H and O–H groups in total. The number of carbonyl (C=O) groups is 1. The standard InChI is InChI=1S/C27H38Cl2FN5O/c1-4-21-16-34(27-24(29)14-20(15-31-27)32-26(36)5-2)10-11-35(21)22-6-8-33(9-7-22)17-23-18(3)12-19(28)13-25(23)30/h13-15,18,21-22H,4-12,16-17H2,1-3H3,(H,32,36)/t18?,21-/m0/s1. The van der Waals surface area contributed by atoms with Gasteiger partial charge in [0.25, 0.3) is 0 Å². The zero-order valence-electron chi connectivity index (χ0n) is 21.6. The summed E-state index contributed by atoms with van der Waals surface area (Å²) in [6.45, 7) is 11.5. The van der Waals surface area contributed by atoms with Crippen molar-refractivity contribution in [3.05, 3.63) is 39.8 Å². The Morgan fingerprint density at radius 1 is 1.19 bits per heavy atom. The highest BCUT2D eigenvalue weighted by molar-refractivity contribution is 6.33. The summed E-state index contributed by atoms with van der Waals surface area (Å²) in [5, 5.41) is 4.00. The van der Waals surface area contributed by atoms with Crippen molar-refractivity contribution < 1.29 is 9.18 Å². The summed E-state index contributed by atoms with van der Waals surface area (Å²) in [7, 11) is 0. The smallest absolute Gasteiger partial charge is 0.224 e. The molecule has 1 aliphatic carbocycles. The van der Waals surface area contributed by atoms with Crippen molar-refractivity contribution in [1.29, 1.82) is 0 Å². The lowest BCUT2D eigenvalue weighted by Crippen LogP contribution is -2.58. The van der Waals surface area contributed by atoms with E-state index in [2.05, 4.69) is 38.8 Å². The largest absolute Gasteiger partial charge is 0.353 e. The van der Waals surface area contributed by atoms with Crippen molar-refractivity contribution in [1.82, 2.24) is 14.8 Å². The van der Waals surface area contributed by atoms with Crippen molar-refractivity contribution >= 4 is 40.6 Å². The number of rotatable bonds is 7. The van der Waals surface area contributed by atoms with E-state index in [0.717, 1.165) is 69.8 Å². The number of hydrogen-bond acceptors (Lipinski definition) is 5. The van der Waals surface area contributed by atoms with Crippen LogP contribution in [0.1, 0.15) is 52.9 Å². The van der Waals surface area contributed by atoms with Crippen LogP contribution >= 0.6 is 23.2 Å². The third kappa shape index (κ3) is 6.42. The first-order chi connectivity index (χ1) is 17.3. The van der Waals surface area contributed by atoms with Crippen LogP contribution in [0.3, 0.4) is 0 Å². The molecule has 0 spiro atoms. The average Bonchev–Trinajstić information content (AvgIpc) is 2.86. The first-order valence-corrected chi connectivity index (χ1v) is 14.0. The highest BCUT2D eigenvalue weighted by Gasteiger charge is 2.34. The molecule has 0 radical (unpaired) electrons. The molecule has 1 aromatic heterocycles. The third-order valence-corrected chi connectivity index (χ3v) is 8.37. The second kappa shape index (κ2) is 12.2. The number of allylic oxidation sites excluding steroid dienone is 3. The van der Waals surface area contributed by atoms with E-state index in [1.165, 1.54) is 6.08 Å². The number of anilines is 2. The molecule has 1 aromatic rings. The number of halogens is 3. The summed E-state index contributed by atoms with van der Waals surface area (Å²) in [6, 6.07) is 2.76. The molecule has 1 unspecified atom stereocenters. The lowest BCUT2D eigenvalue weighted by atomic mass is 9.91. The lowest BCUT2D eigenvalue weighted by Gasteiger charge is -2.48. The monoisotopic (exact) mass is 537 g/mol. The molecule has 0 saturated carbocycles. The fourth-order valence-electron chi connectivity index (χ4n) is 5.71. The SMILES string of the molecule is CCC(=O)Nc1cnc(N2CCN(C3CCN(CC4=C(F)C=C(Cl)CC4C)CC3)[C@@H](CC)C2)c(Cl)c1. The number of nitrogens with one attached hydrogen (secondary N) is 1. The molecule has 2 atom stereocenters. The number of hydrogen-bond donors (Lipinski definition) is 1. The number of nitrogens with zero attached hydrogens (tertiary/aromatic N) is 4. The second-order valence-electron chi connectivity index (χ2n) is 10.3. The van der Waals surface area contributed by atoms with Gasteiger partial charge in [-0.3, -0.25) is 14.6 Å². The Labute approximate surface area is 224 Å². The Morgan fingerprint density at radius 3 is 2.58 bits per heavy atom. The molecule has 1 amide bonds. The third-order valence-electron chi connectivity index (χ3n) is 7.83. The van der Waals surface area contributed by atoms with Gasteiger partial charge >= 0.3 is 0 Å². The molecule has 3 heterocycles. The Kier molecular flexibility index (Phi) is 9.31. The maximum Gasteiger partial charge on any atom is 0.224 e. The summed E-state index contributed by atoms with van der Waals surface area (Å²) in [5.74, 6) is 0.749. The molecule has 6 nitrogen and oxygen atoms in total. The van der Waals surface area contributed by atoms with Crippen LogP contribution in [0, 0.1) is 5.92 Å². The normalized spacial score (nSPS) is 24.7. The van der Waals surface area contributed by atoms with Crippen LogP contribution in [0.5, 0.6) is 0 Å². The number of piperazine rings is 1. The predicted octanol–water partition coefficient (Wildman–Crippen LogP) is 5.83. The van der Waals surface area contributed by atoms with Crippen molar-refractivity contribution in [2.24, 2.45) is 5.92 Å². The Balaban J connectivity index is 1.33. The number of likely N-dealkylation sites (tertiary alicyclic amines) is 1. The van der Waals surface area contributed by atoms with Gasteiger partial charge in [0, 0.05) is 49.7 Å². The molecule has 2 aliphatic heterocycles. The minimum Gasteiger partial charge on any atom is -0.353 e. The first kappa shape index (κ1) is 27.4. The summed E-state index contributed by atoms with van der Waals surface area (Å²) >= 11 is 12.6. The van der Waals surface area contributed by atoms with E-state index in [9.17, 15) is 9.18 Å². The minimum absolute atomic E-state index is 0.0531. The molecule has 3 aliphatic rings. The lowest BCUT2D eigenvalue weighted by molar-refractivity contribution is -0.115. The summed E-state index contributed by atoms with van der Waals surface area (Å²) < 4.78 is 14.5. The zero-order chi connectivity index (χ0) is 25.8. The van der Waals surface area contributed by atoms with Gasteiger partial charge in [0.05, 0.1) is 16.9 Å². The molecule has 2 saturated heterocycles. The van der Waals surface area contributed by atoms with Gasteiger partial charge < -0.3 is 10.2 Å². The summed E-state index contributed by atoms with van der Waals surface area (Å²) in [6.07, 6.45) is 7.58. The van der Waals surface area contributed by atoms with Gasteiger partial charge in [-0.25, -0.2) is 9.37 Å². The Hall–Kier alpha value is -1.67. The van der Waals surface area contributed by atoms with E-state index < -0.39 is 0 Å². The molecular weight excluding hydrogens is 500 g/mol. The molecule has 2 fully saturated rings. The van der Waals surface area contributed by atoms with Gasteiger partial charge in [0.1, 0.15) is 11.6 Å². The van der Waals surface area contributed by atoms with E-state index in [4.69, 9.17) is 23.2 Å². The van der Waals surface area contributed by atoms with E-state index in [0.29, 0.717) is 40.8 Å². The highest BCUT2D eigenvalue weighted by atomic mass is 35.5. The highest BCUT2D eigenvalue weighted by Crippen LogP contribution is 2.34. The van der Waals surface area contributed by atoms with Gasteiger partial charge in [0.2, 0.25) is 5.91 Å². The molecule has 9 heteroatoms. The molecule has 198 valence electrons. The van der Waals surface area contributed by atoms with E-state index in [-0.39, 0.29) is 17.7 Å². The van der Waals surface area contributed by atoms with Crippen LogP contribution in [-0.2, 0) is 4.79 Å². The van der Waals surface area contributed by atoms with Gasteiger partial charge in [-0.15, -0.1) is 0 Å². The Bertz CT molecular complexity index is 1010. The van der Waals surface area contributed by atoms with Crippen molar-refractivity contribution in [3.8, 4) is 0 Å². The molecular formula is C27H38Cl2FN5O. The molecule has 0 bridgehead atoms. The number of pyridine rings is 1.